The number of aromatic carboxylic acids is 1. The van der Waals surface area contributed by atoms with Crippen LogP contribution in [0.1, 0.15) is 46.8 Å². The van der Waals surface area contributed by atoms with Crippen LogP contribution in [0.3, 0.4) is 0 Å². The van der Waals surface area contributed by atoms with Gasteiger partial charge >= 0.3 is 5.97 Å². The van der Waals surface area contributed by atoms with E-state index in [1.165, 1.54) is 34.0 Å². The maximum absolute atomic E-state index is 14.4. The fourth-order valence-corrected chi connectivity index (χ4v) is 5.50. The number of rotatable bonds is 7. The maximum Gasteiger partial charge on any atom is 0.338 e. The fourth-order valence-electron chi connectivity index (χ4n) is 5.50. The quantitative estimate of drug-likeness (QED) is 0.275. The molecule has 1 fully saturated rings. The lowest BCUT2D eigenvalue weighted by atomic mass is 9.80. The highest BCUT2D eigenvalue weighted by Crippen LogP contribution is 2.35. The van der Waals surface area contributed by atoms with Crippen LogP contribution in [0.4, 0.5) is 10.1 Å². The van der Waals surface area contributed by atoms with E-state index in [0.29, 0.717) is 5.92 Å². The van der Waals surface area contributed by atoms with Gasteiger partial charge in [-0.05, 0) is 65.9 Å². The van der Waals surface area contributed by atoms with Crippen LogP contribution in [0.15, 0.2) is 91.0 Å². The van der Waals surface area contributed by atoms with Gasteiger partial charge in [-0.25, -0.2) is 9.18 Å². The van der Waals surface area contributed by atoms with E-state index in [1.807, 2.05) is 6.07 Å². The van der Waals surface area contributed by atoms with E-state index in [4.69, 9.17) is 0 Å². The first-order valence-electron chi connectivity index (χ1n) is 12.5. The van der Waals surface area contributed by atoms with E-state index in [9.17, 15) is 14.3 Å². The van der Waals surface area contributed by atoms with Crippen LogP contribution in [0.25, 0.3) is 10.8 Å². The second-order valence-corrected chi connectivity index (χ2v) is 9.68. The molecule has 0 aromatic heterocycles. The van der Waals surface area contributed by atoms with E-state index in [-0.39, 0.29) is 29.9 Å². The van der Waals surface area contributed by atoms with Crippen LogP contribution < -0.4 is 10.2 Å². The van der Waals surface area contributed by atoms with Gasteiger partial charge in [-0.2, -0.15) is 0 Å². The first-order valence-corrected chi connectivity index (χ1v) is 12.5. The van der Waals surface area contributed by atoms with Gasteiger partial charge < -0.3 is 15.3 Å². The van der Waals surface area contributed by atoms with Gasteiger partial charge in [0, 0.05) is 30.7 Å². The molecular weight excluding hydrogens is 487 g/mol. The van der Waals surface area contributed by atoms with Crippen LogP contribution in [-0.2, 0) is 0 Å². The summed E-state index contributed by atoms with van der Waals surface area (Å²) in [5.41, 5.74) is 3.01. The SMILES string of the molecule is C[C@@H](NCC1CCN(c2ccc(C(=O)O)c(F)c2)CC1c1ccccc1)c1cccc2ccccc12.Cl. The zero-order chi connectivity index (χ0) is 25.1. The number of carbonyl (C=O) groups is 1. The van der Waals surface area contributed by atoms with E-state index in [2.05, 4.69) is 83.9 Å². The van der Waals surface area contributed by atoms with Crippen molar-refractivity contribution in [1.82, 2.24) is 5.32 Å². The molecule has 4 nitrogen and oxygen atoms in total. The summed E-state index contributed by atoms with van der Waals surface area (Å²) < 4.78 is 14.4. The Kier molecular flexibility index (Phi) is 8.47. The Morgan fingerprint density at radius 1 is 1.03 bits per heavy atom. The summed E-state index contributed by atoms with van der Waals surface area (Å²) in [5.74, 6) is -1.24. The third-order valence-corrected chi connectivity index (χ3v) is 7.51. The molecular formula is C31H32ClFN2O2. The Balaban J connectivity index is 0.00000320. The molecule has 0 bridgehead atoms. The molecule has 1 aliphatic heterocycles. The first-order chi connectivity index (χ1) is 17.5. The molecule has 1 aliphatic rings. The molecule has 2 N–H and O–H groups in total. The van der Waals surface area contributed by atoms with Crippen molar-refractivity contribution in [1.29, 1.82) is 0 Å². The number of piperidine rings is 1. The smallest absolute Gasteiger partial charge is 0.338 e. The summed E-state index contributed by atoms with van der Waals surface area (Å²) in [4.78, 5) is 13.4. The molecule has 5 rings (SSSR count). The Morgan fingerprint density at radius 3 is 2.51 bits per heavy atom. The van der Waals surface area contributed by atoms with Crippen LogP contribution in [0.2, 0.25) is 0 Å². The lowest BCUT2D eigenvalue weighted by Gasteiger charge is -2.41. The third kappa shape index (κ3) is 5.79. The maximum atomic E-state index is 14.4. The van der Waals surface area contributed by atoms with Crippen molar-refractivity contribution in [2.75, 3.05) is 24.5 Å². The molecule has 3 atom stereocenters. The van der Waals surface area contributed by atoms with Crippen molar-refractivity contribution in [2.45, 2.75) is 25.3 Å². The Bertz CT molecular complexity index is 1360. The van der Waals surface area contributed by atoms with Crippen LogP contribution in [-0.4, -0.2) is 30.7 Å². The molecule has 2 unspecified atom stereocenters. The second-order valence-electron chi connectivity index (χ2n) is 9.68. The van der Waals surface area contributed by atoms with Crippen molar-refractivity contribution in [3.63, 3.8) is 0 Å². The van der Waals surface area contributed by atoms with Gasteiger partial charge in [-0.1, -0.05) is 72.8 Å². The minimum Gasteiger partial charge on any atom is -0.478 e. The number of carboxylic acid groups (broad SMARTS) is 1. The molecule has 4 aromatic carbocycles. The largest absolute Gasteiger partial charge is 0.478 e. The van der Waals surface area contributed by atoms with Crippen molar-refractivity contribution < 1.29 is 14.3 Å². The third-order valence-electron chi connectivity index (χ3n) is 7.51. The zero-order valence-corrected chi connectivity index (χ0v) is 21.6. The van der Waals surface area contributed by atoms with Crippen LogP contribution in [0, 0.1) is 11.7 Å². The van der Waals surface area contributed by atoms with E-state index >= 15 is 0 Å². The summed E-state index contributed by atoms with van der Waals surface area (Å²) >= 11 is 0. The molecule has 0 amide bonds. The summed E-state index contributed by atoms with van der Waals surface area (Å²) in [6, 6.07) is 30.1. The Labute approximate surface area is 223 Å². The predicted molar refractivity (Wildman–Crippen MR) is 150 cm³/mol. The summed E-state index contributed by atoms with van der Waals surface area (Å²) in [5, 5.41) is 15.5. The topological polar surface area (TPSA) is 52.6 Å². The molecule has 0 radical (unpaired) electrons. The standard InChI is InChI=1S/C31H31FN2O2.ClH/c1-21(26-13-7-11-22-10-5-6-12-27(22)26)33-19-24-16-17-34(20-29(24)23-8-3-2-4-9-23)25-14-15-28(31(35)36)30(32)18-25;/h2-15,18,21,24,29,33H,16-17,19-20H2,1H3,(H,35,36);1H/t21-,24?,29?;/m1./s1. The number of halogens is 2. The van der Waals surface area contributed by atoms with Gasteiger partial charge in [0.1, 0.15) is 5.82 Å². The van der Waals surface area contributed by atoms with Crippen molar-refractivity contribution in [3.05, 3.63) is 114 Å². The van der Waals surface area contributed by atoms with Crippen molar-refractivity contribution >= 4 is 34.8 Å². The van der Waals surface area contributed by atoms with Gasteiger partial charge in [0.05, 0.1) is 5.56 Å². The highest BCUT2D eigenvalue weighted by Gasteiger charge is 2.31. The van der Waals surface area contributed by atoms with E-state index < -0.39 is 11.8 Å². The number of fused-ring (bicyclic) bond motifs is 1. The minimum atomic E-state index is -1.24. The highest BCUT2D eigenvalue weighted by atomic mass is 35.5. The van der Waals surface area contributed by atoms with E-state index in [0.717, 1.165) is 31.7 Å². The number of benzene rings is 4. The summed E-state index contributed by atoms with van der Waals surface area (Å²) in [6.45, 7) is 4.65. The fraction of sp³-hybridized carbons (Fsp3) is 0.258. The first kappa shape index (κ1) is 26.6. The van der Waals surface area contributed by atoms with Crippen LogP contribution >= 0.6 is 12.4 Å². The number of carboxylic acids is 1. The molecule has 0 aliphatic carbocycles. The highest BCUT2D eigenvalue weighted by molar-refractivity contribution is 5.88. The molecule has 0 saturated carbocycles. The summed E-state index contributed by atoms with van der Waals surface area (Å²) in [7, 11) is 0. The van der Waals surface area contributed by atoms with E-state index in [1.54, 1.807) is 6.07 Å². The summed E-state index contributed by atoms with van der Waals surface area (Å²) in [6.07, 6.45) is 0.955. The molecule has 1 saturated heterocycles. The predicted octanol–water partition coefficient (Wildman–Crippen LogP) is 7.06. The Morgan fingerprint density at radius 2 is 1.76 bits per heavy atom. The van der Waals surface area contributed by atoms with Crippen LogP contribution in [0.5, 0.6) is 0 Å². The van der Waals surface area contributed by atoms with Crippen molar-refractivity contribution in [3.8, 4) is 0 Å². The monoisotopic (exact) mass is 518 g/mol. The van der Waals surface area contributed by atoms with Gasteiger partial charge in [0.2, 0.25) is 0 Å². The number of anilines is 1. The average Bonchev–Trinajstić information content (AvgIpc) is 2.91. The van der Waals surface area contributed by atoms with Gasteiger partial charge in [0.15, 0.2) is 0 Å². The molecule has 1 heterocycles. The lowest BCUT2D eigenvalue weighted by Crippen LogP contribution is -2.43. The average molecular weight is 519 g/mol. The second kappa shape index (κ2) is 11.8. The molecule has 192 valence electrons. The number of nitrogens with zero attached hydrogens (tertiary/aromatic N) is 1. The molecule has 4 aromatic rings. The van der Waals surface area contributed by atoms with Gasteiger partial charge in [-0.15, -0.1) is 12.4 Å². The normalized spacial score (nSPS) is 18.3. The zero-order valence-electron chi connectivity index (χ0n) is 20.8. The van der Waals surface area contributed by atoms with Crippen molar-refractivity contribution in [2.24, 2.45) is 5.92 Å². The molecule has 0 spiro atoms. The number of nitrogens with one attached hydrogen (secondary N) is 1. The lowest BCUT2D eigenvalue weighted by molar-refractivity contribution is 0.0692. The molecule has 6 heteroatoms. The molecule has 37 heavy (non-hydrogen) atoms. The Hall–Kier alpha value is -3.41. The van der Waals surface area contributed by atoms with Gasteiger partial charge in [-0.3, -0.25) is 0 Å². The number of hydrogen-bond donors (Lipinski definition) is 2. The van der Waals surface area contributed by atoms with Gasteiger partial charge in [0.25, 0.3) is 0 Å². The minimum absolute atomic E-state index is 0. The number of hydrogen-bond acceptors (Lipinski definition) is 3.